The van der Waals surface area contributed by atoms with Crippen molar-refractivity contribution in [2.45, 2.75) is 55.7 Å². The van der Waals surface area contributed by atoms with Gasteiger partial charge < -0.3 is 53.5 Å². The molecule has 0 fully saturated rings. The van der Waals surface area contributed by atoms with E-state index in [9.17, 15) is 20.1 Å². The van der Waals surface area contributed by atoms with E-state index in [1.54, 1.807) is 64.5 Å². The maximum atomic E-state index is 11.7. The number of hydrogen-bond acceptors (Lipinski definition) is 13. The molecule has 1 aliphatic carbocycles. The average molecular weight is 1690 g/mol. The molecule has 0 bridgehead atoms. The zero-order valence-corrected chi connectivity index (χ0v) is 69.1. The molecule has 13 nitrogen and oxygen atoms in total. The molecule has 0 saturated carbocycles. The summed E-state index contributed by atoms with van der Waals surface area (Å²) in [6.45, 7) is 5.60. The van der Waals surface area contributed by atoms with Crippen molar-refractivity contribution < 1.29 is 120 Å². The van der Waals surface area contributed by atoms with Gasteiger partial charge in [-0.1, -0.05) is 175 Å². The molecule has 114 heavy (non-hydrogen) atoms. The molecule has 0 unspecified atom stereocenters. The number of aromatic hydroxyl groups is 2. The minimum atomic E-state index is -0.976. The number of allylic oxidation sites excluding steroid dienone is 5. The third-order valence-corrected chi connectivity index (χ3v) is 20.6. The molecule has 8 aliphatic rings. The predicted molar refractivity (Wildman–Crippen MR) is 438 cm³/mol. The predicted octanol–water partition coefficient (Wildman–Crippen LogP) is 22.5. The number of nitrogens with zero attached hydrogens (tertiary/aromatic N) is 2. The SMILES string of the molecule is CC1=CCOc2c[c-]ccc21.CC1=CCOc2cc(N(C)C)ccc21.CN(C)c1ccc2c(c1)Oc1ccccc1C2.O=C(O)c1ccccc1C1=C2C=CCC=C2Oc2cc(O)ccc21.Oc1ccc2c(c1)Oc1ccccc1C2.[Mn].[Mn].[Mn].[O]=[Mn].c1ccc2c(c1)Cc1ccccc1O2.c1ccc2c(c1)Cc1ccccc1S2. The number of phenols is 2. The maximum absolute atomic E-state index is 11.7. The number of carboxylic acids is 1. The van der Waals surface area contributed by atoms with E-state index in [2.05, 4.69) is 169 Å². The molecule has 0 aromatic heterocycles. The number of hydrogen-bond donors (Lipinski definition) is 3. The summed E-state index contributed by atoms with van der Waals surface area (Å²) in [7, 11) is 8.15. The van der Waals surface area contributed by atoms with Crippen LogP contribution in [0.4, 0.5) is 11.4 Å². The van der Waals surface area contributed by atoms with E-state index in [-0.39, 0.29) is 68.3 Å². The van der Waals surface area contributed by atoms with Gasteiger partial charge in [-0.15, -0.1) is 6.07 Å². The molecule has 578 valence electrons. The zero-order valence-electron chi connectivity index (χ0n) is 63.6. The van der Waals surface area contributed by atoms with E-state index in [4.69, 9.17) is 32.3 Å². The molecule has 3 radical (unpaired) electrons. The van der Waals surface area contributed by atoms with Crippen LogP contribution < -0.4 is 38.2 Å². The summed E-state index contributed by atoms with van der Waals surface area (Å²) in [6.07, 6.45) is 14.7. The average Bonchev–Trinajstić information content (AvgIpc) is 0.751. The number of para-hydroxylation sites is 4. The van der Waals surface area contributed by atoms with Crippen LogP contribution in [-0.4, -0.2) is 62.7 Å². The smallest absolute Gasteiger partial charge is 0.130 e. The van der Waals surface area contributed by atoms with Gasteiger partial charge in [0.15, 0.2) is 0 Å². The minimum Gasteiger partial charge on any atom is -0.457 e. The fourth-order valence-electron chi connectivity index (χ4n) is 13.6. The number of benzene rings is 12. The summed E-state index contributed by atoms with van der Waals surface area (Å²) in [5, 5.41) is 28.7. The molecule has 20 rings (SSSR count). The maximum Gasteiger partial charge on any atom is 0.130 e. The van der Waals surface area contributed by atoms with Gasteiger partial charge in [0.25, 0.3) is 0 Å². The second kappa shape index (κ2) is 40.7. The molecule has 12 aromatic carbocycles. The Balaban J connectivity index is 0.000000141. The standard InChI is InChI=1S/C20H14O4.C15H15NO.C13H10O2.C13H10O.C13H10S.C12H15NO.C10H9O.4Mn.O/c21-12-9-10-16-18(11-12)24-17-8-4-3-7-15(17)19(16)13-5-1-2-6-14(13)20(22)23;1-16(2)13-8-7-12-9-11-5-3-4-6-14(11)17-15(12)10-13;14-11-6-5-10-7-9-3-1-2-4-12(9)15-13(10)8-11;2*1-3-7-12-10(5-1)9-11-6-2-4-8-13(11)14-12;1-9-6-7-14-12-8-10(13(2)3)4-5-11(9)12;1-8-6-7-11-10-5-3-2-4-9(8)10;;;;;/h1-3,5-11,21H,4H2,(H,22,23);3-8,10H,9H2,1-2H3;1-6,8,14H,7H2;2*1-8H,9H2;4-6,8H,7H2,1-3H3;2,4-6H,7H2,1H3;;;;;/q;;;;;;-1;;;;;. The van der Waals surface area contributed by atoms with Crippen molar-refractivity contribution in [2.24, 2.45) is 0 Å². The first-order valence-electron chi connectivity index (χ1n) is 36.5. The normalized spacial score (nSPS) is 13.1. The molecule has 12 aromatic rings. The summed E-state index contributed by atoms with van der Waals surface area (Å²) in [5.74, 6) is 8.12. The van der Waals surface area contributed by atoms with Gasteiger partial charge in [-0.25, -0.2) is 4.79 Å². The first-order chi connectivity index (χ1) is 54.1. The molecular weight excluding hydrogens is 1610 g/mol. The van der Waals surface area contributed by atoms with Gasteiger partial charge in [0.05, 0.1) is 12.2 Å². The third kappa shape index (κ3) is 20.9. The summed E-state index contributed by atoms with van der Waals surface area (Å²) in [6, 6.07) is 88.5. The summed E-state index contributed by atoms with van der Waals surface area (Å²) in [5.41, 5.74) is 20.9. The van der Waals surface area contributed by atoms with Crippen molar-refractivity contribution in [3.8, 4) is 63.2 Å². The quantitative estimate of drug-likeness (QED) is 0.113. The van der Waals surface area contributed by atoms with E-state index in [0.717, 1.165) is 100 Å². The Bertz CT molecular complexity index is 5310. The van der Waals surface area contributed by atoms with Crippen LogP contribution in [0.1, 0.15) is 97.4 Å². The van der Waals surface area contributed by atoms with Crippen LogP contribution in [-0.2, 0) is 96.7 Å². The van der Waals surface area contributed by atoms with Crippen LogP contribution in [0.15, 0.2) is 312 Å². The first kappa shape index (κ1) is 85.5. The third-order valence-electron chi connectivity index (χ3n) is 19.4. The number of phenolic OH excluding ortho intramolecular Hbond substituents is 2. The Morgan fingerprint density at radius 1 is 0.412 bits per heavy atom. The van der Waals surface area contributed by atoms with Crippen LogP contribution in [0.5, 0.6) is 63.2 Å². The number of anilines is 2. The minimum absolute atomic E-state index is 0. The summed E-state index contributed by atoms with van der Waals surface area (Å²) >= 11 is 3.57. The van der Waals surface area contributed by atoms with Crippen molar-refractivity contribution in [2.75, 3.05) is 51.2 Å². The monoisotopic (exact) mass is 1690 g/mol. The van der Waals surface area contributed by atoms with Crippen molar-refractivity contribution in [3.05, 3.63) is 381 Å². The fraction of sp³-hybridized carbons (Fsp3) is 0.135. The zero-order chi connectivity index (χ0) is 77.3. The van der Waals surface area contributed by atoms with E-state index in [1.165, 1.54) is 82.4 Å². The molecule has 0 spiro atoms. The van der Waals surface area contributed by atoms with Crippen molar-refractivity contribution in [1.29, 1.82) is 0 Å². The van der Waals surface area contributed by atoms with Gasteiger partial charge in [-0.2, -0.15) is 18.2 Å². The molecular formula is C96H83Mn4N2O11S-. The van der Waals surface area contributed by atoms with E-state index in [0.29, 0.717) is 30.3 Å². The van der Waals surface area contributed by atoms with Crippen LogP contribution in [0.3, 0.4) is 0 Å². The fourth-order valence-corrected chi connectivity index (χ4v) is 14.6. The summed E-state index contributed by atoms with van der Waals surface area (Å²) in [4.78, 5) is 18.6. The Labute approximate surface area is 710 Å². The van der Waals surface area contributed by atoms with Gasteiger partial charge in [-0.3, -0.25) is 0 Å². The van der Waals surface area contributed by atoms with Gasteiger partial charge in [0.1, 0.15) is 69.9 Å². The Kier molecular flexibility index (Phi) is 30.5. The van der Waals surface area contributed by atoms with Gasteiger partial charge in [0.2, 0.25) is 0 Å². The molecule has 7 heterocycles. The largest absolute Gasteiger partial charge is 0.457 e. The number of carbonyl (C=O) groups is 1. The number of rotatable bonds is 4. The van der Waals surface area contributed by atoms with Crippen molar-refractivity contribution >= 4 is 45.8 Å². The molecule has 0 amide bonds. The molecule has 0 saturated heterocycles. The van der Waals surface area contributed by atoms with Crippen LogP contribution in [0.2, 0.25) is 0 Å². The van der Waals surface area contributed by atoms with Crippen LogP contribution >= 0.6 is 11.8 Å². The number of aromatic carboxylic acids is 1. The number of ether oxygens (including phenoxy) is 6. The van der Waals surface area contributed by atoms with E-state index in [1.807, 2.05) is 143 Å². The van der Waals surface area contributed by atoms with Crippen molar-refractivity contribution in [1.82, 2.24) is 0 Å². The Morgan fingerprint density at radius 3 is 1.36 bits per heavy atom. The Hall–Kier alpha value is -11.0. The Morgan fingerprint density at radius 2 is 0.825 bits per heavy atom. The molecule has 0 atom stereocenters. The first-order valence-corrected chi connectivity index (χ1v) is 37.8. The number of fused-ring (bicyclic) bond motifs is 12. The second-order valence-corrected chi connectivity index (χ2v) is 28.3. The molecule has 3 N–H and O–H groups in total. The second-order valence-electron chi connectivity index (χ2n) is 27.3. The van der Waals surface area contributed by atoms with Crippen LogP contribution in [0.25, 0.3) is 16.7 Å². The van der Waals surface area contributed by atoms with Crippen molar-refractivity contribution in [3.63, 3.8) is 0 Å². The number of carboxylic acid groups (broad SMARTS) is 1. The summed E-state index contributed by atoms with van der Waals surface area (Å²) < 4.78 is 42.4. The molecule has 7 aliphatic heterocycles. The van der Waals surface area contributed by atoms with E-state index >= 15 is 0 Å². The van der Waals surface area contributed by atoms with Gasteiger partial charge in [-0.05, 0) is 179 Å². The van der Waals surface area contributed by atoms with E-state index < -0.39 is 5.97 Å². The topological polar surface area (TPSA) is 157 Å². The van der Waals surface area contributed by atoms with Crippen LogP contribution in [0, 0.1) is 6.07 Å². The van der Waals surface area contributed by atoms with Gasteiger partial charge in [0, 0.05) is 172 Å². The molecule has 18 heteroatoms. The van der Waals surface area contributed by atoms with Gasteiger partial charge >= 0.3 is 25.7 Å².